The number of ether oxygens (including phenoxy) is 1. The Morgan fingerprint density at radius 1 is 1.48 bits per heavy atom. The van der Waals surface area contributed by atoms with E-state index in [0.717, 1.165) is 0 Å². The number of benzene rings is 1. The van der Waals surface area contributed by atoms with E-state index in [2.05, 4.69) is 11.2 Å². The van der Waals surface area contributed by atoms with Crippen molar-refractivity contribution in [2.45, 2.75) is 24.7 Å². The lowest BCUT2D eigenvalue weighted by atomic mass is 10.0. The van der Waals surface area contributed by atoms with Gasteiger partial charge < -0.3 is 10.1 Å². The third kappa shape index (κ3) is 5.10. The number of hydrogen-bond donors (Lipinski definition) is 2. The predicted molar refractivity (Wildman–Crippen MR) is 79.2 cm³/mol. The summed E-state index contributed by atoms with van der Waals surface area (Å²) in [6.45, 7) is 3.70. The van der Waals surface area contributed by atoms with Gasteiger partial charge in [-0.05, 0) is 29.7 Å². The van der Waals surface area contributed by atoms with Crippen LogP contribution < -0.4 is 15.2 Å². The van der Waals surface area contributed by atoms with Crippen LogP contribution in [-0.4, -0.2) is 27.5 Å². The highest BCUT2D eigenvalue weighted by molar-refractivity contribution is 7.89. The highest BCUT2D eigenvalue weighted by Gasteiger charge is 2.15. The fourth-order valence-electron chi connectivity index (χ4n) is 1.63. The van der Waals surface area contributed by atoms with E-state index in [0.29, 0.717) is 11.3 Å². The second kappa shape index (κ2) is 7.11. The van der Waals surface area contributed by atoms with Crippen LogP contribution in [-0.2, 0) is 14.8 Å². The first-order chi connectivity index (χ1) is 9.75. The van der Waals surface area contributed by atoms with Crippen molar-refractivity contribution in [1.82, 2.24) is 5.32 Å². The summed E-state index contributed by atoms with van der Waals surface area (Å²) >= 11 is 0. The molecule has 0 heterocycles. The van der Waals surface area contributed by atoms with Crippen LogP contribution in [0.2, 0.25) is 0 Å². The van der Waals surface area contributed by atoms with Gasteiger partial charge in [-0.25, -0.2) is 13.6 Å². The van der Waals surface area contributed by atoms with Crippen molar-refractivity contribution in [2.75, 3.05) is 13.2 Å². The first-order valence-corrected chi connectivity index (χ1v) is 7.80. The molecule has 0 aromatic heterocycles. The van der Waals surface area contributed by atoms with Gasteiger partial charge in [-0.2, -0.15) is 0 Å². The number of sulfonamides is 1. The molecule has 0 aliphatic carbocycles. The zero-order valence-corrected chi connectivity index (χ0v) is 12.7. The quantitative estimate of drug-likeness (QED) is 0.751. The Bertz CT molecular complexity index is 660. The molecule has 0 aliphatic rings. The average Bonchev–Trinajstić information content (AvgIpc) is 2.41. The van der Waals surface area contributed by atoms with Crippen LogP contribution >= 0.6 is 0 Å². The molecule has 0 radical (unpaired) electrons. The Morgan fingerprint density at radius 2 is 2.14 bits per heavy atom. The first kappa shape index (κ1) is 17.0. The lowest BCUT2D eigenvalue weighted by Gasteiger charge is -2.15. The van der Waals surface area contributed by atoms with Gasteiger partial charge >= 0.3 is 0 Å². The minimum Gasteiger partial charge on any atom is -0.483 e. The van der Waals surface area contributed by atoms with E-state index >= 15 is 0 Å². The standard InChI is InChI=1S/C14H18N2O4S/c1-4-7-16-14(17)9-20-13-6-5-11(21(15,18)19)8-12(13)10(2)3/h1,5-6,8,10H,7,9H2,2-3H3,(H,16,17)(H2,15,18,19). The highest BCUT2D eigenvalue weighted by Crippen LogP contribution is 2.28. The van der Waals surface area contributed by atoms with E-state index in [-0.39, 0.29) is 29.9 Å². The Balaban J connectivity index is 2.93. The maximum absolute atomic E-state index is 11.4. The van der Waals surface area contributed by atoms with Gasteiger partial charge in [-0.3, -0.25) is 4.79 Å². The van der Waals surface area contributed by atoms with E-state index in [9.17, 15) is 13.2 Å². The lowest BCUT2D eigenvalue weighted by Crippen LogP contribution is -2.29. The molecule has 0 spiro atoms. The molecular weight excluding hydrogens is 292 g/mol. The van der Waals surface area contributed by atoms with Crippen molar-refractivity contribution in [3.05, 3.63) is 23.8 Å². The van der Waals surface area contributed by atoms with Crippen molar-refractivity contribution in [3.8, 4) is 18.1 Å². The SMILES string of the molecule is C#CCNC(=O)COc1ccc(S(N)(=O)=O)cc1C(C)C. The summed E-state index contributed by atoms with van der Waals surface area (Å²) in [5, 5.41) is 7.57. The minimum atomic E-state index is -3.78. The molecule has 1 rings (SSSR count). The number of rotatable bonds is 6. The largest absolute Gasteiger partial charge is 0.483 e. The molecule has 0 atom stereocenters. The summed E-state index contributed by atoms with van der Waals surface area (Å²) in [5.74, 6) is 2.38. The van der Waals surface area contributed by atoms with Crippen molar-refractivity contribution in [2.24, 2.45) is 5.14 Å². The van der Waals surface area contributed by atoms with Crippen molar-refractivity contribution >= 4 is 15.9 Å². The molecule has 0 bridgehead atoms. The molecule has 21 heavy (non-hydrogen) atoms. The molecule has 0 saturated carbocycles. The first-order valence-electron chi connectivity index (χ1n) is 6.25. The van der Waals surface area contributed by atoms with Gasteiger partial charge in [0.05, 0.1) is 11.4 Å². The molecule has 0 aliphatic heterocycles. The fourth-order valence-corrected chi connectivity index (χ4v) is 2.18. The van der Waals surface area contributed by atoms with Crippen LogP contribution in [0.3, 0.4) is 0 Å². The van der Waals surface area contributed by atoms with E-state index in [1.165, 1.54) is 18.2 Å². The van der Waals surface area contributed by atoms with Gasteiger partial charge in [0.2, 0.25) is 10.0 Å². The fraction of sp³-hybridized carbons (Fsp3) is 0.357. The maximum Gasteiger partial charge on any atom is 0.258 e. The Labute approximate surface area is 124 Å². The van der Waals surface area contributed by atoms with E-state index in [1.54, 1.807) is 0 Å². The number of amides is 1. The minimum absolute atomic E-state index is 0.00957. The molecule has 0 unspecified atom stereocenters. The highest BCUT2D eigenvalue weighted by atomic mass is 32.2. The Kier molecular flexibility index (Phi) is 5.76. The van der Waals surface area contributed by atoms with E-state index in [1.807, 2.05) is 13.8 Å². The zero-order valence-electron chi connectivity index (χ0n) is 11.9. The summed E-state index contributed by atoms with van der Waals surface area (Å²) in [5.41, 5.74) is 0.659. The molecule has 3 N–H and O–H groups in total. The number of nitrogens with one attached hydrogen (secondary N) is 1. The van der Waals surface area contributed by atoms with Crippen LogP contribution in [0.5, 0.6) is 5.75 Å². The number of hydrogen-bond acceptors (Lipinski definition) is 4. The van der Waals surface area contributed by atoms with Crippen molar-refractivity contribution in [1.29, 1.82) is 0 Å². The van der Waals surface area contributed by atoms with Crippen LogP contribution in [0.1, 0.15) is 25.3 Å². The number of primary sulfonamides is 1. The van der Waals surface area contributed by atoms with E-state index < -0.39 is 10.0 Å². The third-order valence-electron chi connectivity index (χ3n) is 2.68. The van der Waals surface area contributed by atoms with Gasteiger partial charge in [0.15, 0.2) is 6.61 Å². The van der Waals surface area contributed by atoms with Crippen LogP contribution in [0, 0.1) is 12.3 Å². The predicted octanol–water partition coefficient (Wildman–Crippen LogP) is 0.586. The van der Waals surface area contributed by atoms with Gasteiger partial charge in [-0.15, -0.1) is 6.42 Å². The molecule has 7 heteroatoms. The van der Waals surface area contributed by atoms with Gasteiger partial charge in [0.25, 0.3) is 5.91 Å². The number of nitrogens with two attached hydrogens (primary N) is 1. The molecule has 1 aromatic rings. The molecule has 1 aromatic carbocycles. The van der Waals surface area contributed by atoms with Crippen LogP contribution in [0.25, 0.3) is 0 Å². The molecule has 0 fully saturated rings. The smallest absolute Gasteiger partial charge is 0.258 e. The number of terminal acetylenes is 1. The second-order valence-electron chi connectivity index (χ2n) is 4.67. The number of carbonyl (C=O) groups excluding carboxylic acids is 1. The zero-order chi connectivity index (χ0) is 16.0. The van der Waals surface area contributed by atoms with Crippen LogP contribution in [0.4, 0.5) is 0 Å². The monoisotopic (exact) mass is 310 g/mol. The number of carbonyl (C=O) groups is 1. The topological polar surface area (TPSA) is 98.5 Å². The molecule has 114 valence electrons. The average molecular weight is 310 g/mol. The van der Waals surface area contributed by atoms with Crippen molar-refractivity contribution in [3.63, 3.8) is 0 Å². The summed E-state index contributed by atoms with van der Waals surface area (Å²) in [4.78, 5) is 11.4. The van der Waals surface area contributed by atoms with E-state index in [4.69, 9.17) is 16.3 Å². The second-order valence-corrected chi connectivity index (χ2v) is 6.23. The van der Waals surface area contributed by atoms with Gasteiger partial charge in [0, 0.05) is 0 Å². The normalized spacial score (nSPS) is 11.0. The Morgan fingerprint density at radius 3 is 2.67 bits per heavy atom. The molecule has 0 saturated heterocycles. The summed E-state index contributed by atoms with van der Waals surface area (Å²) in [7, 11) is -3.78. The lowest BCUT2D eigenvalue weighted by molar-refractivity contribution is -0.122. The van der Waals surface area contributed by atoms with Gasteiger partial charge in [-0.1, -0.05) is 19.8 Å². The molecule has 1 amide bonds. The molecule has 6 nitrogen and oxygen atoms in total. The summed E-state index contributed by atoms with van der Waals surface area (Å²) in [6.07, 6.45) is 5.03. The Hall–Kier alpha value is -2.04. The summed E-state index contributed by atoms with van der Waals surface area (Å²) < 4.78 is 28.1. The third-order valence-corrected chi connectivity index (χ3v) is 3.59. The van der Waals surface area contributed by atoms with Gasteiger partial charge in [0.1, 0.15) is 5.75 Å². The maximum atomic E-state index is 11.4. The summed E-state index contributed by atoms with van der Waals surface area (Å²) in [6, 6.07) is 4.29. The molecular formula is C14H18N2O4S. The van der Waals surface area contributed by atoms with Crippen LogP contribution in [0.15, 0.2) is 23.1 Å². The van der Waals surface area contributed by atoms with Crippen molar-refractivity contribution < 1.29 is 17.9 Å².